The lowest BCUT2D eigenvalue weighted by Crippen LogP contribution is -2.33. The molecule has 1 aliphatic rings. The molecule has 0 heterocycles. The summed E-state index contributed by atoms with van der Waals surface area (Å²) in [5.74, 6) is 1.21. The summed E-state index contributed by atoms with van der Waals surface area (Å²) >= 11 is 0. The molecule has 2 atom stereocenters. The number of ketones is 1. The number of Topliss-reactive ketones (excluding diaryl/α,β-unsaturated/α-hetero) is 1. The van der Waals surface area contributed by atoms with Crippen LogP contribution in [0, 0.1) is 17.8 Å². The summed E-state index contributed by atoms with van der Waals surface area (Å²) in [5, 5.41) is 2.73. The first-order valence-electron chi connectivity index (χ1n) is 6.68. The Morgan fingerprint density at radius 1 is 1.33 bits per heavy atom. The number of rotatable bonds is 5. The number of carbonyl (C=O) groups is 2. The number of amides is 1. The highest BCUT2D eigenvalue weighted by molar-refractivity contribution is 5.84. The van der Waals surface area contributed by atoms with Crippen LogP contribution in [-0.4, -0.2) is 24.0 Å². The van der Waals surface area contributed by atoms with Gasteiger partial charge in [-0.3, -0.25) is 4.79 Å². The van der Waals surface area contributed by atoms with E-state index in [9.17, 15) is 9.59 Å². The third-order valence-corrected chi connectivity index (χ3v) is 2.85. The highest BCUT2D eigenvalue weighted by Crippen LogP contribution is 2.39. The SMILES string of the molecule is CC(C)CC(=O)[C@@H]1C[C@@H]1CNC(=O)OC(C)(C)C. The first-order chi connectivity index (χ1) is 8.19. The molecule has 1 amide bonds. The van der Waals surface area contributed by atoms with Crippen molar-refractivity contribution in [1.82, 2.24) is 5.32 Å². The minimum absolute atomic E-state index is 0.155. The van der Waals surface area contributed by atoms with E-state index in [2.05, 4.69) is 5.32 Å². The number of alkyl carbamates (subject to hydrolysis) is 1. The number of nitrogens with one attached hydrogen (secondary N) is 1. The summed E-state index contributed by atoms with van der Waals surface area (Å²) in [5.41, 5.74) is -0.472. The molecule has 0 saturated heterocycles. The molecule has 0 unspecified atom stereocenters. The van der Waals surface area contributed by atoms with Gasteiger partial charge in [0.15, 0.2) is 0 Å². The third-order valence-electron chi connectivity index (χ3n) is 2.85. The standard InChI is InChI=1S/C14H25NO3/c1-9(2)6-12(16)11-7-10(11)8-15-13(17)18-14(3,4)5/h9-11H,6-8H2,1-5H3,(H,15,17)/t10-,11-/m1/s1. The molecular formula is C14H25NO3. The molecule has 0 aromatic heterocycles. The van der Waals surface area contributed by atoms with Crippen molar-refractivity contribution in [2.24, 2.45) is 17.8 Å². The summed E-state index contributed by atoms with van der Waals surface area (Å²) in [7, 11) is 0. The molecule has 1 saturated carbocycles. The van der Waals surface area contributed by atoms with Gasteiger partial charge in [-0.05, 0) is 39.0 Å². The van der Waals surface area contributed by atoms with Gasteiger partial charge in [0.1, 0.15) is 11.4 Å². The zero-order valence-electron chi connectivity index (χ0n) is 12.1. The van der Waals surface area contributed by atoms with E-state index in [1.165, 1.54) is 0 Å². The van der Waals surface area contributed by atoms with Gasteiger partial charge in [-0.25, -0.2) is 4.79 Å². The van der Waals surface area contributed by atoms with Crippen LogP contribution in [-0.2, 0) is 9.53 Å². The Balaban J connectivity index is 2.20. The highest BCUT2D eigenvalue weighted by atomic mass is 16.6. The molecular weight excluding hydrogens is 230 g/mol. The monoisotopic (exact) mass is 255 g/mol. The van der Waals surface area contributed by atoms with Gasteiger partial charge in [-0.2, -0.15) is 0 Å². The second-order valence-electron chi connectivity index (χ2n) is 6.55. The van der Waals surface area contributed by atoms with Gasteiger partial charge < -0.3 is 10.1 Å². The third kappa shape index (κ3) is 5.52. The zero-order chi connectivity index (χ0) is 13.9. The summed E-state index contributed by atoms with van der Waals surface area (Å²) in [4.78, 5) is 23.2. The number of carbonyl (C=O) groups excluding carboxylic acids is 2. The van der Waals surface area contributed by atoms with E-state index >= 15 is 0 Å². The van der Waals surface area contributed by atoms with E-state index < -0.39 is 11.7 Å². The largest absolute Gasteiger partial charge is 0.444 e. The van der Waals surface area contributed by atoms with Crippen molar-refractivity contribution in [1.29, 1.82) is 0 Å². The first-order valence-corrected chi connectivity index (χ1v) is 6.68. The fourth-order valence-electron chi connectivity index (χ4n) is 1.95. The van der Waals surface area contributed by atoms with Gasteiger partial charge in [0.2, 0.25) is 0 Å². The fraction of sp³-hybridized carbons (Fsp3) is 0.857. The molecule has 104 valence electrons. The predicted molar refractivity (Wildman–Crippen MR) is 70.3 cm³/mol. The second-order valence-corrected chi connectivity index (χ2v) is 6.55. The zero-order valence-corrected chi connectivity index (χ0v) is 12.1. The quantitative estimate of drug-likeness (QED) is 0.821. The lowest BCUT2D eigenvalue weighted by atomic mass is 10.0. The molecule has 0 bridgehead atoms. The second kappa shape index (κ2) is 5.72. The van der Waals surface area contributed by atoms with Crippen LogP contribution in [0.3, 0.4) is 0 Å². The minimum atomic E-state index is -0.472. The molecule has 0 spiro atoms. The normalized spacial score (nSPS) is 22.8. The Morgan fingerprint density at radius 3 is 2.44 bits per heavy atom. The van der Waals surface area contributed by atoms with E-state index in [1.54, 1.807) is 0 Å². The summed E-state index contributed by atoms with van der Waals surface area (Å²) in [6.45, 7) is 10.1. The van der Waals surface area contributed by atoms with Crippen molar-refractivity contribution in [3.63, 3.8) is 0 Å². The van der Waals surface area contributed by atoms with Crippen molar-refractivity contribution in [2.75, 3.05) is 6.54 Å². The molecule has 0 aromatic rings. The molecule has 1 rings (SSSR count). The summed E-state index contributed by atoms with van der Waals surface area (Å²) in [6, 6.07) is 0. The van der Waals surface area contributed by atoms with Crippen LogP contribution in [0.4, 0.5) is 4.79 Å². The lowest BCUT2D eigenvalue weighted by molar-refractivity contribution is -0.121. The van der Waals surface area contributed by atoms with Crippen molar-refractivity contribution in [2.45, 2.75) is 53.1 Å². The van der Waals surface area contributed by atoms with Gasteiger partial charge in [0.05, 0.1) is 0 Å². The van der Waals surface area contributed by atoms with E-state index in [1.807, 2.05) is 34.6 Å². The van der Waals surface area contributed by atoms with E-state index in [-0.39, 0.29) is 5.92 Å². The summed E-state index contributed by atoms with van der Waals surface area (Å²) < 4.78 is 5.14. The molecule has 0 aliphatic heterocycles. The van der Waals surface area contributed by atoms with E-state index in [4.69, 9.17) is 4.74 Å². The van der Waals surface area contributed by atoms with Crippen molar-refractivity contribution >= 4 is 11.9 Å². The number of hydrogen-bond acceptors (Lipinski definition) is 3. The van der Waals surface area contributed by atoms with Crippen molar-refractivity contribution < 1.29 is 14.3 Å². The lowest BCUT2D eigenvalue weighted by Gasteiger charge is -2.19. The van der Waals surface area contributed by atoms with Crippen LogP contribution >= 0.6 is 0 Å². The Kier molecular flexibility index (Phi) is 4.77. The van der Waals surface area contributed by atoms with Gasteiger partial charge in [-0.15, -0.1) is 0 Å². The predicted octanol–water partition coefficient (Wildman–Crippen LogP) is 2.76. The van der Waals surface area contributed by atoms with Gasteiger partial charge >= 0.3 is 6.09 Å². The van der Waals surface area contributed by atoms with E-state index in [0.717, 1.165) is 6.42 Å². The first kappa shape index (κ1) is 15.0. The Hall–Kier alpha value is -1.06. The van der Waals surface area contributed by atoms with Gasteiger partial charge in [0, 0.05) is 18.9 Å². The van der Waals surface area contributed by atoms with Crippen LogP contribution in [0.15, 0.2) is 0 Å². The topological polar surface area (TPSA) is 55.4 Å². The van der Waals surface area contributed by atoms with Gasteiger partial charge in [-0.1, -0.05) is 13.8 Å². The Bertz CT molecular complexity index is 317. The van der Waals surface area contributed by atoms with Crippen LogP contribution in [0.5, 0.6) is 0 Å². The van der Waals surface area contributed by atoms with E-state index in [0.29, 0.717) is 30.6 Å². The van der Waals surface area contributed by atoms with Gasteiger partial charge in [0.25, 0.3) is 0 Å². The summed E-state index contributed by atoms with van der Waals surface area (Å²) in [6.07, 6.45) is 1.15. The molecule has 0 aromatic carbocycles. The molecule has 4 heteroatoms. The molecule has 1 N–H and O–H groups in total. The van der Waals surface area contributed by atoms with Crippen LogP contribution < -0.4 is 5.32 Å². The average Bonchev–Trinajstić information content (AvgIpc) is 2.89. The number of hydrogen-bond donors (Lipinski definition) is 1. The van der Waals surface area contributed by atoms with Crippen LogP contribution in [0.2, 0.25) is 0 Å². The molecule has 1 fully saturated rings. The maximum absolute atomic E-state index is 11.8. The highest BCUT2D eigenvalue weighted by Gasteiger charge is 2.42. The smallest absolute Gasteiger partial charge is 0.407 e. The van der Waals surface area contributed by atoms with Crippen LogP contribution in [0.25, 0.3) is 0 Å². The maximum atomic E-state index is 11.8. The minimum Gasteiger partial charge on any atom is -0.444 e. The van der Waals surface area contributed by atoms with Crippen molar-refractivity contribution in [3.8, 4) is 0 Å². The molecule has 4 nitrogen and oxygen atoms in total. The molecule has 1 aliphatic carbocycles. The molecule has 0 radical (unpaired) electrons. The molecule has 18 heavy (non-hydrogen) atoms. The Labute approximate surface area is 109 Å². The number of ether oxygens (including phenoxy) is 1. The van der Waals surface area contributed by atoms with Crippen LogP contribution in [0.1, 0.15) is 47.5 Å². The Morgan fingerprint density at radius 2 is 1.94 bits per heavy atom. The average molecular weight is 255 g/mol. The maximum Gasteiger partial charge on any atom is 0.407 e. The van der Waals surface area contributed by atoms with Crippen molar-refractivity contribution in [3.05, 3.63) is 0 Å². The fourth-order valence-corrected chi connectivity index (χ4v) is 1.95.